The number of rotatable bonds is 13. The second-order valence-electron chi connectivity index (χ2n) is 14.0. The van der Waals surface area contributed by atoms with Crippen molar-refractivity contribution in [3.05, 3.63) is 149 Å². The molecule has 2 N–H and O–H groups in total. The number of hydrogen-bond donors (Lipinski definition) is 2. The lowest BCUT2D eigenvalue weighted by Gasteiger charge is -2.22. The summed E-state index contributed by atoms with van der Waals surface area (Å²) in [5.74, 6) is -1.99. The third-order valence-electron chi connectivity index (χ3n) is 8.89. The predicted octanol–water partition coefficient (Wildman–Crippen LogP) is 7.98. The fourth-order valence-electron chi connectivity index (χ4n) is 6.43. The summed E-state index contributed by atoms with van der Waals surface area (Å²) in [5, 5.41) is 5.50. The highest BCUT2D eigenvalue weighted by Gasteiger charge is 2.35. The minimum atomic E-state index is -1.23. The Balaban J connectivity index is 1.28. The second kappa shape index (κ2) is 17.1. The average Bonchev–Trinajstić information content (AvgIpc) is 3.76. The highest BCUT2D eigenvalue weighted by Crippen LogP contribution is 2.44. The quantitative estimate of drug-likeness (QED) is 0.0895. The van der Waals surface area contributed by atoms with Crippen molar-refractivity contribution in [1.82, 2.24) is 15.6 Å². The number of nitrogens with one attached hydrogen (secondary N) is 2. The average molecular weight is 746 g/mol. The van der Waals surface area contributed by atoms with Gasteiger partial charge in [-0.25, -0.2) is 19.4 Å². The van der Waals surface area contributed by atoms with Crippen molar-refractivity contribution in [2.45, 2.75) is 63.8 Å². The minimum absolute atomic E-state index is 0.00766. The number of amides is 2. The summed E-state index contributed by atoms with van der Waals surface area (Å²) in [6, 6.07) is 32.1. The number of oxazole rings is 1. The van der Waals surface area contributed by atoms with Gasteiger partial charge in [0.05, 0.1) is 19.6 Å². The molecule has 284 valence electrons. The first-order valence-electron chi connectivity index (χ1n) is 17.9. The molecule has 4 aromatic carbocycles. The molecule has 1 aromatic heterocycles. The fourth-order valence-corrected chi connectivity index (χ4v) is 6.43. The van der Waals surface area contributed by atoms with Gasteiger partial charge in [-0.1, -0.05) is 109 Å². The van der Waals surface area contributed by atoms with E-state index in [0.29, 0.717) is 0 Å². The van der Waals surface area contributed by atoms with E-state index >= 15 is 0 Å². The van der Waals surface area contributed by atoms with E-state index in [1.165, 1.54) is 7.11 Å². The highest BCUT2D eigenvalue weighted by molar-refractivity contribution is 5.88. The van der Waals surface area contributed by atoms with Gasteiger partial charge in [-0.3, -0.25) is 4.79 Å². The van der Waals surface area contributed by atoms with Crippen LogP contribution >= 0.6 is 0 Å². The lowest BCUT2D eigenvalue weighted by Crippen LogP contribution is -2.36. The standard InChI is InChI=1S/C43H43N3O9/c1-43(2,3)55-42(50)45-35(24-36(47)52-25-28-17-9-6-10-18-28)39-46-37(40(48)51-4)38(54-39)34(23-27-15-7-5-8-16-27)44-41(49)53-26-33-31-21-13-11-19-29(31)30-20-12-14-22-32(30)33/h5-22,33-35H,23-26H2,1-4H3,(H,44,49)(H,45,50)/t34-,35?/m0/s1. The molecule has 1 aliphatic rings. The number of carbonyl (C=O) groups excluding carboxylic acids is 4. The molecule has 1 aliphatic carbocycles. The van der Waals surface area contributed by atoms with Crippen LogP contribution in [0.4, 0.5) is 9.59 Å². The maximum atomic E-state index is 13.7. The minimum Gasteiger partial charge on any atom is -0.464 e. The summed E-state index contributed by atoms with van der Waals surface area (Å²) in [4.78, 5) is 57.5. The van der Waals surface area contributed by atoms with E-state index in [1.807, 2.05) is 109 Å². The van der Waals surface area contributed by atoms with E-state index in [2.05, 4.69) is 15.6 Å². The number of methoxy groups -OCH3 is 1. The van der Waals surface area contributed by atoms with Gasteiger partial charge in [0.15, 0.2) is 11.5 Å². The Bertz CT molecular complexity index is 2080. The molecule has 55 heavy (non-hydrogen) atoms. The monoisotopic (exact) mass is 745 g/mol. The fraction of sp³-hybridized carbons (Fsp3) is 0.279. The molecule has 0 fully saturated rings. The molecule has 2 amide bonds. The van der Waals surface area contributed by atoms with E-state index in [4.69, 9.17) is 23.4 Å². The Kier molecular flexibility index (Phi) is 11.9. The van der Waals surface area contributed by atoms with E-state index in [9.17, 15) is 19.2 Å². The first-order valence-corrected chi connectivity index (χ1v) is 17.9. The molecule has 0 saturated carbocycles. The first-order chi connectivity index (χ1) is 26.5. The van der Waals surface area contributed by atoms with Gasteiger partial charge in [0.25, 0.3) is 0 Å². The smallest absolute Gasteiger partial charge is 0.408 e. The number of aromatic nitrogens is 1. The zero-order chi connectivity index (χ0) is 39.0. The van der Waals surface area contributed by atoms with Gasteiger partial charge in [0.2, 0.25) is 5.89 Å². The molecule has 12 nitrogen and oxygen atoms in total. The van der Waals surface area contributed by atoms with Crippen molar-refractivity contribution < 1.29 is 42.5 Å². The van der Waals surface area contributed by atoms with Gasteiger partial charge < -0.3 is 34.0 Å². The van der Waals surface area contributed by atoms with Gasteiger partial charge >= 0.3 is 24.1 Å². The molecule has 0 saturated heterocycles. The van der Waals surface area contributed by atoms with Crippen molar-refractivity contribution in [3.8, 4) is 11.1 Å². The Morgan fingerprint density at radius 2 is 1.29 bits per heavy atom. The summed E-state index contributed by atoms with van der Waals surface area (Å²) in [6.07, 6.45) is -1.88. The lowest BCUT2D eigenvalue weighted by molar-refractivity contribution is -0.145. The van der Waals surface area contributed by atoms with Crippen LogP contribution < -0.4 is 10.6 Å². The first kappa shape index (κ1) is 38.3. The number of alkyl carbamates (subject to hydrolysis) is 2. The Morgan fingerprint density at radius 3 is 1.89 bits per heavy atom. The van der Waals surface area contributed by atoms with E-state index in [-0.39, 0.29) is 42.9 Å². The van der Waals surface area contributed by atoms with Crippen LogP contribution in [0.15, 0.2) is 114 Å². The zero-order valence-electron chi connectivity index (χ0n) is 31.1. The van der Waals surface area contributed by atoms with Gasteiger partial charge in [-0.15, -0.1) is 0 Å². The summed E-state index contributed by atoms with van der Waals surface area (Å²) in [5.41, 5.74) is 4.72. The van der Waals surface area contributed by atoms with Crippen LogP contribution in [0.2, 0.25) is 0 Å². The molecule has 5 aromatic rings. The lowest BCUT2D eigenvalue weighted by atomic mass is 9.98. The molecule has 2 atom stereocenters. The topological polar surface area (TPSA) is 155 Å². The molecule has 0 spiro atoms. The summed E-state index contributed by atoms with van der Waals surface area (Å²) < 4.78 is 28.1. The highest BCUT2D eigenvalue weighted by atomic mass is 16.6. The molecule has 0 radical (unpaired) electrons. The largest absolute Gasteiger partial charge is 0.464 e. The number of nitrogens with zero attached hydrogens (tertiary/aromatic N) is 1. The van der Waals surface area contributed by atoms with Crippen molar-refractivity contribution in [2.24, 2.45) is 0 Å². The van der Waals surface area contributed by atoms with Crippen LogP contribution in [0.25, 0.3) is 11.1 Å². The van der Waals surface area contributed by atoms with Crippen LogP contribution in [-0.2, 0) is 36.8 Å². The van der Waals surface area contributed by atoms with Crippen LogP contribution in [0, 0.1) is 0 Å². The number of carbonyl (C=O) groups is 4. The SMILES string of the molecule is COC(=O)c1nc(C(CC(=O)OCc2ccccc2)NC(=O)OC(C)(C)C)oc1[C@H](Cc1ccccc1)NC(=O)OCC1c2ccccc2-c2ccccc21. The molecule has 1 unspecified atom stereocenters. The van der Waals surface area contributed by atoms with Gasteiger partial charge in [0, 0.05) is 12.3 Å². The van der Waals surface area contributed by atoms with Crippen LogP contribution in [-0.4, -0.2) is 48.4 Å². The summed E-state index contributed by atoms with van der Waals surface area (Å²) in [7, 11) is 1.18. The van der Waals surface area contributed by atoms with E-state index in [0.717, 1.165) is 33.4 Å². The third kappa shape index (κ3) is 9.77. The van der Waals surface area contributed by atoms with Crippen molar-refractivity contribution in [3.63, 3.8) is 0 Å². The van der Waals surface area contributed by atoms with Crippen LogP contribution in [0.5, 0.6) is 0 Å². The number of ether oxygens (including phenoxy) is 4. The number of esters is 2. The maximum absolute atomic E-state index is 13.7. The second-order valence-corrected chi connectivity index (χ2v) is 14.0. The van der Waals surface area contributed by atoms with E-state index in [1.54, 1.807) is 20.8 Å². The number of hydrogen-bond acceptors (Lipinski definition) is 10. The Morgan fingerprint density at radius 1 is 0.727 bits per heavy atom. The van der Waals surface area contributed by atoms with Gasteiger partial charge in [-0.05, 0) is 54.2 Å². The molecule has 1 heterocycles. The molecular formula is C43H43N3O9. The number of benzene rings is 4. The zero-order valence-corrected chi connectivity index (χ0v) is 31.1. The van der Waals surface area contributed by atoms with Gasteiger partial charge in [-0.2, -0.15) is 0 Å². The molecule has 12 heteroatoms. The maximum Gasteiger partial charge on any atom is 0.408 e. The van der Waals surface area contributed by atoms with Crippen molar-refractivity contribution in [1.29, 1.82) is 0 Å². The Labute approximate surface area is 319 Å². The molecular weight excluding hydrogens is 702 g/mol. The number of fused-ring (bicyclic) bond motifs is 3. The van der Waals surface area contributed by atoms with Crippen LogP contribution in [0.3, 0.4) is 0 Å². The van der Waals surface area contributed by atoms with Crippen LogP contribution in [0.1, 0.15) is 89.6 Å². The molecule has 0 bridgehead atoms. The predicted molar refractivity (Wildman–Crippen MR) is 202 cm³/mol. The molecule has 0 aliphatic heterocycles. The van der Waals surface area contributed by atoms with Crippen molar-refractivity contribution >= 4 is 24.1 Å². The summed E-state index contributed by atoms with van der Waals surface area (Å²) >= 11 is 0. The molecule has 6 rings (SSSR count). The third-order valence-corrected chi connectivity index (χ3v) is 8.89. The Hall–Kier alpha value is -6.43. The van der Waals surface area contributed by atoms with E-state index < -0.39 is 48.2 Å². The normalized spacial score (nSPS) is 13.1. The van der Waals surface area contributed by atoms with Crippen molar-refractivity contribution in [2.75, 3.05) is 13.7 Å². The van der Waals surface area contributed by atoms with Gasteiger partial charge in [0.1, 0.15) is 24.9 Å². The summed E-state index contributed by atoms with van der Waals surface area (Å²) in [6.45, 7) is 5.12.